The fraction of sp³-hybridized carbons (Fsp3) is 0.350. The lowest BCUT2D eigenvalue weighted by Crippen LogP contribution is -2.51. The van der Waals surface area contributed by atoms with Crippen LogP contribution in [0.3, 0.4) is 0 Å². The molecule has 0 aliphatic carbocycles. The van der Waals surface area contributed by atoms with Crippen molar-refractivity contribution in [1.82, 2.24) is 19.9 Å². The number of hydrogen-bond donors (Lipinski definition) is 2. The Labute approximate surface area is 176 Å². The number of halogens is 2. The number of fused-ring (bicyclic) bond motifs is 1. The van der Waals surface area contributed by atoms with E-state index in [1.165, 1.54) is 6.07 Å². The molecule has 1 aromatic carbocycles. The van der Waals surface area contributed by atoms with E-state index in [-0.39, 0.29) is 18.3 Å². The van der Waals surface area contributed by atoms with Gasteiger partial charge in [-0.05, 0) is 30.2 Å². The van der Waals surface area contributed by atoms with Gasteiger partial charge in [0.1, 0.15) is 23.6 Å². The standard InChI is InChI=1S/C20H22BrFN6O/c21-15-2-1-13(17(22)10-15)9-14(11-23)20(29)28-7-5-27(6-8-28)19-16-3-4-24-18(16)25-12-26-19/h1-4,10,12,14H,5-9,11,23H2,(H,24,25,26). The maximum absolute atomic E-state index is 14.2. The normalized spacial score (nSPS) is 15.7. The second-order valence-corrected chi connectivity index (χ2v) is 8.04. The van der Waals surface area contributed by atoms with Crippen LogP contribution in [0.1, 0.15) is 5.56 Å². The Balaban J connectivity index is 1.41. The first-order valence-corrected chi connectivity index (χ1v) is 10.3. The van der Waals surface area contributed by atoms with Gasteiger partial charge in [0.2, 0.25) is 5.91 Å². The van der Waals surface area contributed by atoms with Gasteiger partial charge in [0.25, 0.3) is 0 Å². The average Bonchev–Trinajstić information content (AvgIpc) is 3.22. The molecule has 1 aliphatic heterocycles. The molecule has 2 aromatic heterocycles. The van der Waals surface area contributed by atoms with Gasteiger partial charge in [-0.15, -0.1) is 0 Å². The third-order valence-electron chi connectivity index (χ3n) is 5.34. The molecule has 3 N–H and O–H groups in total. The van der Waals surface area contributed by atoms with Crippen molar-refractivity contribution >= 4 is 38.7 Å². The number of aromatic nitrogens is 3. The Hall–Kier alpha value is -2.52. The molecule has 1 fully saturated rings. The summed E-state index contributed by atoms with van der Waals surface area (Å²) in [6.45, 7) is 2.69. The lowest BCUT2D eigenvalue weighted by atomic mass is 9.97. The molecular formula is C20H22BrFN6O. The van der Waals surface area contributed by atoms with Crippen LogP contribution in [0.15, 0.2) is 41.3 Å². The van der Waals surface area contributed by atoms with E-state index in [2.05, 4.69) is 35.8 Å². The van der Waals surface area contributed by atoms with Crippen molar-refractivity contribution < 1.29 is 9.18 Å². The van der Waals surface area contributed by atoms with Gasteiger partial charge in [-0.3, -0.25) is 4.79 Å². The van der Waals surface area contributed by atoms with Crippen molar-refractivity contribution in [2.45, 2.75) is 6.42 Å². The molecule has 9 heteroatoms. The highest BCUT2D eigenvalue weighted by Gasteiger charge is 2.28. The third kappa shape index (κ3) is 4.11. The molecule has 1 atom stereocenters. The predicted octanol–water partition coefficient (Wildman–Crippen LogP) is 2.33. The highest BCUT2D eigenvalue weighted by atomic mass is 79.9. The molecule has 1 aliphatic rings. The van der Waals surface area contributed by atoms with Crippen molar-refractivity contribution in [3.63, 3.8) is 0 Å². The lowest BCUT2D eigenvalue weighted by molar-refractivity contribution is -0.135. The van der Waals surface area contributed by atoms with E-state index in [0.717, 1.165) is 16.9 Å². The summed E-state index contributed by atoms with van der Waals surface area (Å²) in [5.74, 6) is 0.0852. The number of piperazine rings is 1. The number of anilines is 1. The summed E-state index contributed by atoms with van der Waals surface area (Å²) < 4.78 is 14.8. The van der Waals surface area contributed by atoms with E-state index in [4.69, 9.17) is 5.73 Å². The molecular weight excluding hydrogens is 439 g/mol. The Morgan fingerprint density at radius 1 is 1.24 bits per heavy atom. The molecule has 29 heavy (non-hydrogen) atoms. The maximum atomic E-state index is 14.2. The second kappa shape index (κ2) is 8.46. The fourth-order valence-corrected chi connectivity index (χ4v) is 4.06. The largest absolute Gasteiger partial charge is 0.352 e. The summed E-state index contributed by atoms with van der Waals surface area (Å²) in [6.07, 6.45) is 3.68. The summed E-state index contributed by atoms with van der Waals surface area (Å²) in [7, 11) is 0. The minimum absolute atomic E-state index is 0.0241. The van der Waals surface area contributed by atoms with E-state index in [9.17, 15) is 9.18 Å². The van der Waals surface area contributed by atoms with Gasteiger partial charge in [-0.25, -0.2) is 14.4 Å². The molecule has 0 spiro atoms. The number of H-pyrrole nitrogens is 1. The van der Waals surface area contributed by atoms with E-state index in [1.54, 1.807) is 18.5 Å². The zero-order valence-corrected chi connectivity index (χ0v) is 17.4. The van der Waals surface area contributed by atoms with Crippen molar-refractivity contribution in [2.75, 3.05) is 37.6 Å². The van der Waals surface area contributed by atoms with Gasteiger partial charge >= 0.3 is 0 Å². The minimum atomic E-state index is -0.437. The topological polar surface area (TPSA) is 91.1 Å². The van der Waals surface area contributed by atoms with E-state index < -0.39 is 5.92 Å². The highest BCUT2D eigenvalue weighted by Crippen LogP contribution is 2.24. The van der Waals surface area contributed by atoms with E-state index >= 15 is 0 Å². The zero-order valence-electron chi connectivity index (χ0n) is 15.8. The van der Waals surface area contributed by atoms with Crippen LogP contribution in [0.2, 0.25) is 0 Å². The van der Waals surface area contributed by atoms with Gasteiger partial charge in [0.15, 0.2) is 0 Å². The van der Waals surface area contributed by atoms with Gasteiger partial charge in [-0.1, -0.05) is 22.0 Å². The summed E-state index contributed by atoms with van der Waals surface area (Å²) >= 11 is 3.25. The first-order valence-electron chi connectivity index (χ1n) is 9.52. The molecule has 4 rings (SSSR count). The molecule has 0 saturated carbocycles. The Morgan fingerprint density at radius 2 is 2.03 bits per heavy atom. The Bertz CT molecular complexity index is 1020. The molecule has 7 nitrogen and oxygen atoms in total. The van der Waals surface area contributed by atoms with Crippen molar-refractivity contribution in [2.24, 2.45) is 11.7 Å². The van der Waals surface area contributed by atoms with Crippen LogP contribution in [0, 0.1) is 11.7 Å². The van der Waals surface area contributed by atoms with Gasteiger partial charge in [-0.2, -0.15) is 0 Å². The SMILES string of the molecule is NCC(Cc1ccc(Br)cc1F)C(=O)N1CCN(c2ncnc3[nH]ccc23)CC1. The number of nitrogens with two attached hydrogens (primary N) is 1. The first kappa shape index (κ1) is 19.8. The third-order valence-corrected chi connectivity index (χ3v) is 5.83. The van der Waals surface area contributed by atoms with E-state index in [0.29, 0.717) is 42.6 Å². The molecule has 1 amide bonds. The number of rotatable bonds is 5. The number of nitrogens with one attached hydrogen (secondary N) is 1. The van der Waals surface area contributed by atoms with Gasteiger partial charge in [0.05, 0.1) is 11.3 Å². The van der Waals surface area contributed by atoms with Crippen LogP contribution in [-0.4, -0.2) is 58.5 Å². The van der Waals surface area contributed by atoms with Crippen LogP contribution >= 0.6 is 15.9 Å². The fourth-order valence-electron chi connectivity index (χ4n) is 3.73. The summed E-state index contributed by atoms with van der Waals surface area (Å²) in [5, 5.41) is 0.970. The second-order valence-electron chi connectivity index (χ2n) is 7.12. The molecule has 1 saturated heterocycles. The Kier molecular flexibility index (Phi) is 5.77. The van der Waals surface area contributed by atoms with Crippen LogP contribution in [0.4, 0.5) is 10.2 Å². The van der Waals surface area contributed by atoms with Crippen molar-refractivity contribution in [1.29, 1.82) is 0 Å². The quantitative estimate of drug-likeness (QED) is 0.609. The van der Waals surface area contributed by atoms with Crippen LogP contribution in [0.25, 0.3) is 11.0 Å². The average molecular weight is 461 g/mol. The monoisotopic (exact) mass is 460 g/mol. The lowest BCUT2D eigenvalue weighted by Gasteiger charge is -2.37. The molecule has 3 aromatic rings. The van der Waals surface area contributed by atoms with Crippen LogP contribution in [-0.2, 0) is 11.2 Å². The molecule has 0 radical (unpaired) electrons. The van der Waals surface area contributed by atoms with Crippen molar-refractivity contribution in [3.05, 3.63) is 52.6 Å². The smallest absolute Gasteiger partial charge is 0.227 e. The highest BCUT2D eigenvalue weighted by molar-refractivity contribution is 9.10. The van der Waals surface area contributed by atoms with Gasteiger partial charge in [0, 0.05) is 43.4 Å². The number of carbonyl (C=O) groups excluding carboxylic acids is 1. The number of hydrogen-bond acceptors (Lipinski definition) is 5. The summed E-state index contributed by atoms with van der Waals surface area (Å²) in [6, 6.07) is 6.85. The molecule has 3 heterocycles. The number of amides is 1. The van der Waals surface area contributed by atoms with E-state index in [1.807, 2.05) is 17.2 Å². The van der Waals surface area contributed by atoms with Crippen LogP contribution < -0.4 is 10.6 Å². The van der Waals surface area contributed by atoms with Crippen molar-refractivity contribution in [3.8, 4) is 0 Å². The predicted molar refractivity (Wildman–Crippen MR) is 113 cm³/mol. The van der Waals surface area contributed by atoms with Crippen LogP contribution in [0.5, 0.6) is 0 Å². The molecule has 1 unspecified atom stereocenters. The number of carbonyl (C=O) groups is 1. The van der Waals surface area contributed by atoms with Gasteiger partial charge < -0.3 is 20.5 Å². The number of benzene rings is 1. The molecule has 0 bridgehead atoms. The number of aromatic amines is 1. The number of nitrogens with zero attached hydrogens (tertiary/aromatic N) is 4. The summed E-state index contributed by atoms with van der Waals surface area (Å²) in [5.41, 5.74) is 7.17. The Morgan fingerprint density at radius 3 is 2.76 bits per heavy atom. The zero-order chi connectivity index (χ0) is 20.4. The summed E-state index contributed by atoms with van der Waals surface area (Å²) in [4.78, 5) is 28.7. The minimum Gasteiger partial charge on any atom is -0.352 e. The molecule has 152 valence electrons. The maximum Gasteiger partial charge on any atom is 0.227 e. The first-order chi connectivity index (χ1) is 14.1.